The molecule has 112 valence electrons. The number of fused-ring (bicyclic) bond motifs is 2. The number of nitrogens with two attached hydrogens (primary N) is 1. The molecule has 4 heteroatoms. The van der Waals surface area contributed by atoms with E-state index in [-0.39, 0.29) is 5.84 Å². The molecular weight excluding hydrogens is 260 g/mol. The van der Waals surface area contributed by atoms with E-state index in [2.05, 4.69) is 11.0 Å². The number of pyridine rings is 1. The average molecular weight is 284 g/mol. The van der Waals surface area contributed by atoms with Gasteiger partial charge in [0.1, 0.15) is 11.7 Å². The Bertz CT molecular complexity index is 580. The highest BCUT2D eigenvalue weighted by Gasteiger charge is 2.37. The van der Waals surface area contributed by atoms with E-state index in [4.69, 9.17) is 16.1 Å². The predicted octanol–water partition coefficient (Wildman–Crippen LogP) is 2.62. The van der Waals surface area contributed by atoms with Crippen molar-refractivity contribution in [2.45, 2.75) is 57.4 Å². The number of anilines is 1. The first-order chi connectivity index (χ1) is 10.2. The fourth-order valence-corrected chi connectivity index (χ4v) is 4.55. The Morgan fingerprint density at radius 2 is 2.05 bits per heavy atom. The minimum absolute atomic E-state index is 0.173. The van der Waals surface area contributed by atoms with Crippen LogP contribution in [0.1, 0.15) is 55.3 Å². The molecular formula is C17H24N4. The number of aryl methyl sites for hydroxylation is 2. The van der Waals surface area contributed by atoms with Gasteiger partial charge in [0.2, 0.25) is 0 Å². The van der Waals surface area contributed by atoms with Gasteiger partial charge in [-0.1, -0.05) is 12.8 Å². The second kappa shape index (κ2) is 5.00. The van der Waals surface area contributed by atoms with Crippen molar-refractivity contribution in [1.82, 2.24) is 4.98 Å². The van der Waals surface area contributed by atoms with Crippen LogP contribution >= 0.6 is 0 Å². The quantitative estimate of drug-likeness (QED) is 0.648. The molecule has 2 atom stereocenters. The Labute approximate surface area is 126 Å². The highest BCUT2D eigenvalue weighted by atomic mass is 15.2. The van der Waals surface area contributed by atoms with Gasteiger partial charge in [0, 0.05) is 18.3 Å². The lowest BCUT2D eigenvalue weighted by atomic mass is 9.85. The van der Waals surface area contributed by atoms with Crippen molar-refractivity contribution in [1.29, 1.82) is 5.41 Å². The van der Waals surface area contributed by atoms with Gasteiger partial charge in [-0.2, -0.15) is 0 Å². The molecule has 1 saturated carbocycles. The van der Waals surface area contributed by atoms with E-state index in [1.165, 1.54) is 49.8 Å². The molecule has 2 unspecified atom stereocenters. The lowest BCUT2D eigenvalue weighted by Crippen LogP contribution is -2.37. The third kappa shape index (κ3) is 2.12. The normalized spacial score (nSPS) is 27.5. The molecule has 2 fully saturated rings. The van der Waals surface area contributed by atoms with Crippen LogP contribution in [0.25, 0.3) is 0 Å². The van der Waals surface area contributed by atoms with Gasteiger partial charge in [0.15, 0.2) is 0 Å². The topological polar surface area (TPSA) is 66.0 Å². The molecule has 0 radical (unpaired) electrons. The van der Waals surface area contributed by atoms with Crippen molar-refractivity contribution in [2.24, 2.45) is 11.7 Å². The van der Waals surface area contributed by atoms with E-state index < -0.39 is 0 Å². The van der Waals surface area contributed by atoms with Crippen LogP contribution in [-0.4, -0.2) is 23.4 Å². The van der Waals surface area contributed by atoms with Crippen molar-refractivity contribution in [2.75, 3.05) is 11.4 Å². The van der Waals surface area contributed by atoms with Gasteiger partial charge in [0.05, 0.1) is 5.56 Å². The van der Waals surface area contributed by atoms with Gasteiger partial charge < -0.3 is 10.6 Å². The van der Waals surface area contributed by atoms with E-state index in [1.54, 1.807) is 0 Å². The number of amidine groups is 1. The lowest BCUT2D eigenvalue weighted by molar-refractivity contribution is 0.341. The number of hydrogen-bond acceptors (Lipinski definition) is 3. The van der Waals surface area contributed by atoms with Crippen LogP contribution in [0, 0.1) is 11.3 Å². The monoisotopic (exact) mass is 284 g/mol. The number of aromatic nitrogens is 1. The fraction of sp³-hybridized carbons (Fsp3) is 0.647. The SMILES string of the molecule is N=C(N)c1cc2c(nc1N1CCC3CCCCC31)CCC2. The van der Waals surface area contributed by atoms with E-state index in [9.17, 15) is 0 Å². The summed E-state index contributed by atoms with van der Waals surface area (Å²) >= 11 is 0. The summed E-state index contributed by atoms with van der Waals surface area (Å²) in [7, 11) is 0. The Balaban J connectivity index is 1.75. The van der Waals surface area contributed by atoms with Crippen LogP contribution in [0.2, 0.25) is 0 Å². The summed E-state index contributed by atoms with van der Waals surface area (Å²) in [5.74, 6) is 2.00. The molecule has 1 saturated heterocycles. The summed E-state index contributed by atoms with van der Waals surface area (Å²) in [6, 6.07) is 2.77. The van der Waals surface area contributed by atoms with Gasteiger partial charge in [-0.3, -0.25) is 5.41 Å². The number of nitrogens with one attached hydrogen (secondary N) is 1. The standard InChI is InChI=1S/C17H24N4/c18-16(19)13-10-12-5-3-6-14(12)20-17(13)21-9-8-11-4-1-2-7-15(11)21/h10-11,15H,1-9H2,(H3,18,19). The summed E-state index contributed by atoms with van der Waals surface area (Å²) < 4.78 is 0. The lowest BCUT2D eigenvalue weighted by Gasteiger charge is -2.33. The zero-order valence-corrected chi connectivity index (χ0v) is 12.6. The Morgan fingerprint density at radius 1 is 1.19 bits per heavy atom. The summed E-state index contributed by atoms with van der Waals surface area (Å²) in [6.07, 6.45) is 10.00. The number of rotatable bonds is 2. The zero-order valence-electron chi connectivity index (χ0n) is 12.6. The van der Waals surface area contributed by atoms with Crippen molar-refractivity contribution in [3.05, 3.63) is 22.9 Å². The maximum absolute atomic E-state index is 7.95. The molecule has 0 spiro atoms. The maximum Gasteiger partial charge on any atom is 0.140 e. The maximum atomic E-state index is 7.95. The first-order valence-corrected chi connectivity index (χ1v) is 8.38. The third-order valence-electron chi connectivity index (χ3n) is 5.60. The molecule has 1 aromatic rings. The molecule has 1 aliphatic heterocycles. The van der Waals surface area contributed by atoms with E-state index in [1.807, 2.05) is 0 Å². The van der Waals surface area contributed by atoms with Crippen LogP contribution in [0.5, 0.6) is 0 Å². The minimum atomic E-state index is 0.173. The van der Waals surface area contributed by atoms with Gasteiger partial charge in [-0.25, -0.2) is 4.98 Å². The second-order valence-corrected chi connectivity index (χ2v) is 6.83. The molecule has 0 amide bonds. The molecule has 4 rings (SSSR count). The van der Waals surface area contributed by atoms with E-state index >= 15 is 0 Å². The molecule has 0 bridgehead atoms. The smallest absolute Gasteiger partial charge is 0.140 e. The average Bonchev–Trinajstić information content (AvgIpc) is 3.11. The van der Waals surface area contributed by atoms with Crippen molar-refractivity contribution >= 4 is 11.7 Å². The van der Waals surface area contributed by atoms with Gasteiger partial charge in [-0.15, -0.1) is 0 Å². The minimum Gasteiger partial charge on any atom is -0.384 e. The number of hydrogen-bond donors (Lipinski definition) is 2. The van der Waals surface area contributed by atoms with Crippen molar-refractivity contribution < 1.29 is 0 Å². The zero-order chi connectivity index (χ0) is 14.4. The molecule has 2 heterocycles. The van der Waals surface area contributed by atoms with E-state index in [0.29, 0.717) is 6.04 Å². The van der Waals surface area contributed by atoms with Crippen LogP contribution in [0.4, 0.5) is 5.82 Å². The Hall–Kier alpha value is -1.58. The molecule has 3 N–H and O–H groups in total. The molecule has 2 aliphatic carbocycles. The largest absolute Gasteiger partial charge is 0.384 e. The summed E-state index contributed by atoms with van der Waals surface area (Å²) in [4.78, 5) is 7.42. The van der Waals surface area contributed by atoms with Gasteiger partial charge >= 0.3 is 0 Å². The van der Waals surface area contributed by atoms with Gasteiger partial charge in [-0.05, 0) is 56.1 Å². The van der Waals surface area contributed by atoms with Crippen molar-refractivity contribution in [3.8, 4) is 0 Å². The summed E-state index contributed by atoms with van der Waals surface area (Å²) in [5.41, 5.74) is 9.28. The first kappa shape index (κ1) is 13.1. The highest BCUT2D eigenvalue weighted by molar-refractivity contribution is 6.00. The van der Waals surface area contributed by atoms with E-state index in [0.717, 1.165) is 36.7 Å². The Kier molecular flexibility index (Phi) is 3.12. The first-order valence-electron chi connectivity index (χ1n) is 8.38. The summed E-state index contributed by atoms with van der Waals surface area (Å²) in [5, 5.41) is 7.95. The third-order valence-corrected chi connectivity index (χ3v) is 5.60. The molecule has 21 heavy (non-hydrogen) atoms. The summed E-state index contributed by atoms with van der Waals surface area (Å²) in [6.45, 7) is 1.08. The van der Waals surface area contributed by atoms with Crippen LogP contribution in [0.15, 0.2) is 6.07 Å². The molecule has 3 aliphatic rings. The number of nitrogens with zero attached hydrogens (tertiary/aromatic N) is 2. The van der Waals surface area contributed by atoms with Crippen LogP contribution in [-0.2, 0) is 12.8 Å². The number of nitrogen functional groups attached to an aromatic ring is 1. The van der Waals surface area contributed by atoms with Crippen molar-refractivity contribution in [3.63, 3.8) is 0 Å². The second-order valence-electron chi connectivity index (χ2n) is 6.83. The predicted molar refractivity (Wildman–Crippen MR) is 85.0 cm³/mol. The van der Waals surface area contributed by atoms with Crippen LogP contribution < -0.4 is 10.6 Å². The Morgan fingerprint density at radius 3 is 2.90 bits per heavy atom. The van der Waals surface area contributed by atoms with Gasteiger partial charge in [0.25, 0.3) is 0 Å². The highest BCUT2D eigenvalue weighted by Crippen LogP contribution is 2.40. The fourth-order valence-electron chi connectivity index (χ4n) is 4.55. The van der Waals surface area contributed by atoms with Crippen LogP contribution in [0.3, 0.4) is 0 Å². The molecule has 1 aromatic heterocycles. The molecule has 0 aromatic carbocycles. The molecule has 4 nitrogen and oxygen atoms in total.